The third-order valence-electron chi connectivity index (χ3n) is 8.53. The average Bonchev–Trinajstić information content (AvgIpc) is 3.17. The Labute approximate surface area is 399 Å². The Morgan fingerprint density at radius 3 is 1.79 bits per heavy atom. The molecule has 0 fully saturated rings. The molecule has 0 saturated carbocycles. The number of nitrogens with zero attached hydrogens (tertiary/aromatic N) is 6. The maximum absolute atomic E-state index is 11.7. The van der Waals surface area contributed by atoms with Crippen molar-refractivity contribution in [1.29, 1.82) is 0 Å². The minimum absolute atomic E-state index is 0. The summed E-state index contributed by atoms with van der Waals surface area (Å²) in [5.74, 6) is -1.94. The van der Waals surface area contributed by atoms with Crippen LogP contribution in [0.25, 0.3) is 32.3 Å². The Bertz CT molecular complexity index is 3030. The molecule has 1 amide bonds. The van der Waals surface area contributed by atoms with Gasteiger partial charge in [-0.3, -0.25) is 29.6 Å². The van der Waals surface area contributed by atoms with E-state index < -0.39 is 48.0 Å². The minimum Gasteiger partial charge on any atom is -0.506 e. The number of non-ortho nitro benzene ring substituents is 2. The molecule has 0 spiro atoms. The smallest absolute Gasteiger partial charge is 0.506 e. The number of azo groups is 2. The van der Waals surface area contributed by atoms with Gasteiger partial charge in [0.2, 0.25) is 5.91 Å². The molecule has 0 bridgehead atoms. The zero-order chi connectivity index (χ0) is 41.9. The van der Waals surface area contributed by atoms with Crippen LogP contribution in [0, 0.1) is 20.2 Å². The second-order valence-electron chi connectivity index (χ2n) is 12.3. The van der Waals surface area contributed by atoms with Crippen molar-refractivity contribution in [3.63, 3.8) is 0 Å². The minimum atomic E-state index is -4.81. The van der Waals surface area contributed by atoms with Gasteiger partial charge in [-0.2, -0.15) is 8.42 Å². The van der Waals surface area contributed by atoms with E-state index in [0.29, 0.717) is 21.7 Å². The fraction of sp³-hybridized carbons (Fsp3) is 0.0263. The first kappa shape index (κ1) is 49.8. The monoisotopic (exact) mass is 903 g/mol. The van der Waals surface area contributed by atoms with Crippen molar-refractivity contribution in [1.82, 2.24) is 0 Å². The van der Waals surface area contributed by atoms with Gasteiger partial charge in [0.15, 0.2) is 0 Å². The number of aromatic hydroxyl groups is 4. The maximum atomic E-state index is 11.7. The molecule has 0 aliphatic carbocycles. The number of hydrogen-bond acceptors (Lipinski definition) is 15. The standard InChI is InChI=1S/C20H13N3O7S.C18H14N4O5.Cr.2Na/c24-16-8-5-11-3-1-2-4-13(11)19(16)21-22-20-14-7-6-12(23(26)27)9-15(14)18(10-17(20)25)31(28,29)30;19-16(25)8-11-3-1-2-10-4-7-14(23)18(17(10)11)21-20-13-6-5-12(22(26)27)9-15(13)24;;;/h1-10,24-25H,(H,28,29,30);1-7,9,23-24H,8H2,(H2,19,25);;;/q;;;2*+1. The predicted molar refractivity (Wildman–Crippen MR) is 209 cm³/mol. The summed E-state index contributed by atoms with van der Waals surface area (Å²) in [6.45, 7) is 0. The van der Waals surface area contributed by atoms with Crippen LogP contribution in [0.1, 0.15) is 5.56 Å². The number of nitro groups is 2. The van der Waals surface area contributed by atoms with Crippen molar-refractivity contribution >= 4 is 82.5 Å². The zero-order valence-corrected chi connectivity index (χ0v) is 37.9. The summed E-state index contributed by atoms with van der Waals surface area (Å²) in [5, 5.41) is 80.8. The van der Waals surface area contributed by atoms with Crippen LogP contribution in [-0.2, 0) is 38.7 Å². The van der Waals surface area contributed by atoms with E-state index >= 15 is 0 Å². The van der Waals surface area contributed by atoms with Crippen molar-refractivity contribution in [2.75, 3.05) is 0 Å². The summed E-state index contributed by atoms with van der Waals surface area (Å²) in [6.07, 6.45) is -0.0495. The molecular weight excluding hydrogens is 876 g/mol. The van der Waals surface area contributed by atoms with Gasteiger partial charge >= 0.3 is 59.1 Å². The number of primary amides is 1. The van der Waals surface area contributed by atoms with Gasteiger partial charge in [0.25, 0.3) is 21.5 Å². The molecule has 0 unspecified atom stereocenters. The van der Waals surface area contributed by atoms with Crippen LogP contribution in [0.3, 0.4) is 0 Å². The molecule has 298 valence electrons. The summed E-state index contributed by atoms with van der Waals surface area (Å²) in [5.41, 5.74) is 5.16. The van der Waals surface area contributed by atoms with Crippen LogP contribution < -0.4 is 64.8 Å². The number of phenolic OH excluding ortho intramolecular Hbond substituents is 4. The largest absolute Gasteiger partial charge is 1.00 e. The Balaban J connectivity index is 0.000000313. The van der Waals surface area contributed by atoms with Gasteiger partial charge in [0, 0.05) is 63.2 Å². The molecule has 61 heavy (non-hydrogen) atoms. The average molecular weight is 904 g/mol. The quantitative estimate of drug-likeness (QED) is 0.0401. The second kappa shape index (κ2) is 20.8. The molecule has 7 aromatic rings. The number of carbonyl (C=O) groups excluding carboxylic acids is 1. The number of amides is 1. The summed E-state index contributed by atoms with van der Waals surface area (Å²) in [7, 11) is -4.81. The molecule has 7 N–H and O–H groups in total. The third kappa shape index (κ3) is 11.2. The Morgan fingerprint density at radius 2 is 1.16 bits per heavy atom. The molecule has 7 rings (SSSR count). The maximum Gasteiger partial charge on any atom is 1.00 e. The van der Waals surface area contributed by atoms with Gasteiger partial charge in [-0.05, 0) is 40.6 Å². The molecule has 23 heteroatoms. The summed E-state index contributed by atoms with van der Waals surface area (Å²) < 4.78 is 33.0. The molecule has 0 atom stereocenters. The fourth-order valence-electron chi connectivity index (χ4n) is 5.91. The van der Waals surface area contributed by atoms with E-state index in [1.807, 2.05) is 0 Å². The molecule has 19 nitrogen and oxygen atoms in total. The van der Waals surface area contributed by atoms with Gasteiger partial charge < -0.3 is 26.2 Å². The first-order valence-electron chi connectivity index (χ1n) is 16.5. The topological polar surface area (TPSA) is 314 Å². The van der Waals surface area contributed by atoms with Crippen LogP contribution >= 0.6 is 0 Å². The number of carbonyl (C=O) groups is 1. The third-order valence-corrected chi connectivity index (χ3v) is 9.42. The Morgan fingerprint density at radius 1 is 0.607 bits per heavy atom. The van der Waals surface area contributed by atoms with Gasteiger partial charge in [-0.25, -0.2) is 0 Å². The molecule has 7 aromatic carbocycles. The van der Waals surface area contributed by atoms with E-state index in [-0.39, 0.29) is 134 Å². The number of nitro benzene ring substituents is 2. The van der Waals surface area contributed by atoms with Gasteiger partial charge in [-0.15, -0.1) is 20.5 Å². The molecule has 0 heterocycles. The van der Waals surface area contributed by atoms with Crippen LogP contribution in [-0.4, -0.2) is 49.2 Å². The molecule has 0 aliphatic heterocycles. The van der Waals surface area contributed by atoms with Crippen LogP contribution in [0.4, 0.5) is 34.1 Å². The van der Waals surface area contributed by atoms with E-state index in [9.17, 15) is 58.4 Å². The first-order chi connectivity index (χ1) is 27.5. The molecular formula is C38H27CrN7Na2O12S+2. The van der Waals surface area contributed by atoms with E-state index in [0.717, 1.165) is 29.7 Å². The van der Waals surface area contributed by atoms with E-state index in [1.165, 1.54) is 30.3 Å². The molecule has 0 saturated heterocycles. The summed E-state index contributed by atoms with van der Waals surface area (Å²) >= 11 is 0. The van der Waals surface area contributed by atoms with Crippen LogP contribution in [0.2, 0.25) is 0 Å². The number of fused-ring (bicyclic) bond motifs is 3. The SMILES string of the molecule is NC(=O)Cc1cccc2ccc(O)c(N=Nc3ccc([N+](=O)[O-])cc3O)c12.O=[N+]([O-])c1ccc2c(N=Nc3c(O)ccc4ccccc34)c(O)cc(S(=O)(=O)O)c2c1.[Cr].[Na+].[Na+]. The van der Waals surface area contributed by atoms with E-state index in [4.69, 9.17) is 5.73 Å². The van der Waals surface area contributed by atoms with Crippen molar-refractivity contribution in [2.24, 2.45) is 26.2 Å². The molecule has 0 aromatic heterocycles. The number of rotatable bonds is 9. The zero-order valence-electron chi connectivity index (χ0n) is 31.8. The number of hydrogen-bond donors (Lipinski definition) is 6. The van der Waals surface area contributed by atoms with Crippen molar-refractivity contribution in [2.45, 2.75) is 11.3 Å². The van der Waals surface area contributed by atoms with E-state index in [2.05, 4.69) is 20.5 Å². The molecule has 0 aliphatic rings. The normalized spacial score (nSPS) is 11.0. The summed E-state index contributed by atoms with van der Waals surface area (Å²) in [4.78, 5) is 31.1. The predicted octanol–water partition coefficient (Wildman–Crippen LogP) is 2.58. The van der Waals surface area contributed by atoms with Crippen LogP contribution in [0.15, 0.2) is 135 Å². The summed E-state index contributed by atoms with van der Waals surface area (Å²) in [6, 6.07) is 25.9. The van der Waals surface area contributed by atoms with E-state index in [1.54, 1.807) is 54.6 Å². The van der Waals surface area contributed by atoms with Crippen molar-refractivity contribution < 1.29 is 125 Å². The van der Waals surface area contributed by atoms with Gasteiger partial charge in [0.1, 0.15) is 50.6 Å². The first-order valence-corrected chi connectivity index (χ1v) is 17.9. The number of nitrogens with two attached hydrogens (primary N) is 1. The Kier molecular flexibility index (Phi) is 17.0. The van der Waals surface area contributed by atoms with Gasteiger partial charge in [-0.1, -0.05) is 54.6 Å². The Hall–Kier alpha value is -5.57. The van der Waals surface area contributed by atoms with Gasteiger partial charge in [0.05, 0.1) is 22.3 Å². The van der Waals surface area contributed by atoms with Crippen molar-refractivity contribution in [3.05, 3.63) is 135 Å². The molecule has 0 radical (unpaired) electrons. The van der Waals surface area contributed by atoms with Crippen LogP contribution in [0.5, 0.6) is 23.0 Å². The number of phenols is 4. The number of benzene rings is 7. The second-order valence-corrected chi connectivity index (χ2v) is 13.7. The van der Waals surface area contributed by atoms with Crippen molar-refractivity contribution in [3.8, 4) is 23.0 Å². The fourth-order valence-corrected chi connectivity index (χ4v) is 6.61.